The van der Waals surface area contributed by atoms with E-state index in [9.17, 15) is 19.6 Å². The number of rotatable bonds is 4. The lowest BCUT2D eigenvalue weighted by Crippen LogP contribution is -2.52. The first-order chi connectivity index (χ1) is 16.0. The molecule has 5 rings (SSSR count). The van der Waals surface area contributed by atoms with E-state index in [1.165, 1.54) is 5.56 Å². The fourth-order valence-electron chi connectivity index (χ4n) is 5.28. The van der Waals surface area contributed by atoms with E-state index in [2.05, 4.69) is 28.4 Å². The molecule has 1 unspecified atom stereocenters. The van der Waals surface area contributed by atoms with Gasteiger partial charge >= 0.3 is 0 Å². The summed E-state index contributed by atoms with van der Waals surface area (Å²) in [6.07, 6.45) is 2.69. The number of amides is 3. The maximum atomic E-state index is 12.9. The van der Waals surface area contributed by atoms with Crippen LogP contribution in [0.2, 0.25) is 0 Å². The first-order valence-corrected chi connectivity index (χ1v) is 11.5. The molecule has 3 aliphatic heterocycles. The van der Waals surface area contributed by atoms with Crippen LogP contribution in [0, 0.1) is 11.3 Å². The molecule has 0 spiro atoms. The molecular formula is C26H26N4O3. The van der Waals surface area contributed by atoms with Gasteiger partial charge in [-0.15, -0.1) is 0 Å². The monoisotopic (exact) mass is 442 g/mol. The molecular weight excluding hydrogens is 416 g/mol. The van der Waals surface area contributed by atoms with E-state index in [0.29, 0.717) is 24.4 Å². The second kappa shape index (κ2) is 8.80. The molecule has 7 nitrogen and oxygen atoms in total. The average molecular weight is 443 g/mol. The van der Waals surface area contributed by atoms with Crippen LogP contribution < -0.4 is 5.32 Å². The van der Waals surface area contributed by atoms with Crippen LogP contribution >= 0.6 is 0 Å². The van der Waals surface area contributed by atoms with Gasteiger partial charge in [-0.25, -0.2) is 0 Å². The molecule has 3 heterocycles. The van der Waals surface area contributed by atoms with Gasteiger partial charge in [0.25, 0.3) is 5.91 Å². The number of carbonyl (C=O) groups is 3. The zero-order valence-corrected chi connectivity index (χ0v) is 18.4. The van der Waals surface area contributed by atoms with Gasteiger partial charge in [-0.05, 0) is 67.1 Å². The number of nitrogens with zero attached hydrogens (tertiary/aromatic N) is 3. The van der Waals surface area contributed by atoms with Gasteiger partial charge in [-0.2, -0.15) is 5.26 Å². The Kier molecular flexibility index (Phi) is 5.69. The maximum Gasteiger partial charge on any atom is 0.255 e. The number of nitriles is 1. The van der Waals surface area contributed by atoms with E-state index in [1.54, 1.807) is 4.90 Å². The minimum Gasteiger partial charge on any atom is -0.322 e. The standard InChI is InChI=1S/C26H26N4O3/c27-14-19-3-1-2-4-20(19)15-29-11-9-17(10-12-29)18-5-6-22-21(13-18)16-30(26(22)33)23-7-8-24(31)28-25(23)32/h1-6,13,17,23H,7-12,15-16H2,(H,28,31,32). The molecule has 0 bridgehead atoms. The average Bonchev–Trinajstić information content (AvgIpc) is 3.15. The van der Waals surface area contributed by atoms with Crippen molar-refractivity contribution in [3.05, 3.63) is 70.3 Å². The molecule has 7 heteroatoms. The zero-order valence-electron chi connectivity index (χ0n) is 18.4. The lowest BCUT2D eigenvalue weighted by atomic mass is 9.87. The van der Waals surface area contributed by atoms with Gasteiger partial charge < -0.3 is 4.90 Å². The molecule has 0 radical (unpaired) electrons. The summed E-state index contributed by atoms with van der Waals surface area (Å²) in [6, 6.07) is 15.5. The van der Waals surface area contributed by atoms with E-state index >= 15 is 0 Å². The van der Waals surface area contributed by atoms with Crippen molar-refractivity contribution in [2.24, 2.45) is 0 Å². The predicted molar refractivity (Wildman–Crippen MR) is 121 cm³/mol. The molecule has 2 aromatic rings. The highest BCUT2D eigenvalue weighted by Crippen LogP contribution is 2.34. The van der Waals surface area contributed by atoms with Crippen molar-refractivity contribution in [1.29, 1.82) is 5.26 Å². The van der Waals surface area contributed by atoms with E-state index in [0.717, 1.165) is 49.2 Å². The summed E-state index contributed by atoms with van der Waals surface area (Å²) in [5.74, 6) is -0.349. The van der Waals surface area contributed by atoms with Crippen LogP contribution in [-0.4, -0.2) is 46.7 Å². The summed E-state index contributed by atoms with van der Waals surface area (Å²) < 4.78 is 0. The summed E-state index contributed by atoms with van der Waals surface area (Å²) in [5.41, 5.74) is 4.68. The van der Waals surface area contributed by atoms with E-state index < -0.39 is 6.04 Å². The molecule has 2 aromatic carbocycles. The van der Waals surface area contributed by atoms with Crippen molar-refractivity contribution >= 4 is 17.7 Å². The lowest BCUT2D eigenvalue weighted by molar-refractivity contribution is -0.136. The molecule has 1 N–H and O–H groups in total. The Labute approximate surface area is 193 Å². The van der Waals surface area contributed by atoms with Crippen molar-refractivity contribution in [1.82, 2.24) is 15.1 Å². The van der Waals surface area contributed by atoms with Crippen molar-refractivity contribution in [3.63, 3.8) is 0 Å². The smallest absolute Gasteiger partial charge is 0.255 e. The Morgan fingerprint density at radius 2 is 1.82 bits per heavy atom. The lowest BCUT2D eigenvalue weighted by Gasteiger charge is -2.32. The summed E-state index contributed by atoms with van der Waals surface area (Å²) in [6.45, 7) is 3.12. The van der Waals surface area contributed by atoms with E-state index in [-0.39, 0.29) is 24.1 Å². The highest BCUT2D eigenvalue weighted by molar-refractivity contribution is 6.05. The number of hydrogen-bond donors (Lipinski definition) is 1. The van der Waals surface area contributed by atoms with Gasteiger partial charge in [0.1, 0.15) is 6.04 Å². The van der Waals surface area contributed by atoms with Crippen molar-refractivity contribution in [3.8, 4) is 6.07 Å². The number of carbonyl (C=O) groups excluding carboxylic acids is 3. The molecule has 3 amide bonds. The minimum absolute atomic E-state index is 0.128. The fraction of sp³-hybridized carbons (Fsp3) is 0.385. The third-order valence-corrected chi connectivity index (χ3v) is 7.14. The molecule has 2 saturated heterocycles. The van der Waals surface area contributed by atoms with Gasteiger partial charge in [0.05, 0.1) is 11.6 Å². The van der Waals surface area contributed by atoms with E-state index in [1.807, 2.05) is 30.3 Å². The van der Waals surface area contributed by atoms with Gasteiger partial charge in [0.2, 0.25) is 11.8 Å². The summed E-state index contributed by atoms with van der Waals surface area (Å²) in [4.78, 5) is 40.6. The fourth-order valence-corrected chi connectivity index (χ4v) is 5.28. The molecule has 0 saturated carbocycles. The van der Waals surface area contributed by atoms with Crippen molar-refractivity contribution < 1.29 is 14.4 Å². The third kappa shape index (κ3) is 4.14. The quantitative estimate of drug-likeness (QED) is 0.735. The maximum absolute atomic E-state index is 12.9. The van der Waals surface area contributed by atoms with Gasteiger partial charge in [-0.1, -0.05) is 30.3 Å². The first kappa shape index (κ1) is 21.4. The van der Waals surface area contributed by atoms with Gasteiger partial charge in [0, 0.05) is 25.1 Å². The Hall–Kier alpha value is -3.50. The van der Waals surface area contributed by atoms with Crippen LogP contribution in [0.4, 0.5) is 0 Å². The van der Waals surface area contributed by atoms with Crippen LogP contribution in [-0.2, 0) is 22.7 Å². The minimum atomic E-state index is -0.578. The zero-order chi connectivity index (χ0) is 22.9. The molecule has 2 fully saturated rings. The number of benzene rings is 2. The summed E-state index contributed by atoms with van der Waals surface area (Å²) in [5, 5.41) is 11.7. The summed E-state index contributed by atoms with van der Waals surface area (Å²) >= 11 is 0. The number of fused-ring (bicyclic) bond motifs is 1. The normalized spacial score (nSPS) is 21.6. The van der Waals surface area contributed by atoms with E-state index in [4.69, 9.17) is 0 Å². The van der Waals surface area contributed by atoms with Crippen LogP contribution in [0.1, 0.15) is 64.2 Å². The van der Waals surface area contributed by atoms with Gasteiger partial charge in [0.15, 0.2) is 0 Å². The summed E-state index contributed by atoms with van der Waals surface area (Å²) in [7, 11) is 0. The van der Waals surface area contributed by atoms with Crippen LogP contribution in [0.5, 0.6) is 0 Å². The van der Waals surface area contributed by atoms with Crippen LogP contribution in [0.3, 0.4) is 0 Å². The number of imide groups is 1. The second-order valence-electron chi connectivity index (χ2n) is 9.14. The van der Waals surface area contributed by atoms with Crippen LogP contribution in [0.15, 0.2) is 42.5 Å². The largest absolute Gasteiger partial charge is 0.322 e. The molecule has 0 aromatic heterocycles. The number of likely N-dealkylation sites (tertiary alicyclic amines) is 1. The highest BCUT2D eigenvalue weighted by atomic mass is 16.2. The van der Waals surface area contributed by atoms with Crippen LogP contribution in [0.25, 0.3) is 0 Å². The Morgan fingerprint density at radius 1 is 1.03 bits per heavy atom. The van der Waals surface area contributed by atoms with Crippen molar-refractivity contribution in [2.75, 3.05) is 13.1 Å². The molecule has 3 aliphatic rings. The highest BCUT2D eigenvalue weighted by Gasteiger charge is 2.39. The predicted octanol–water partition coefficient (Wildman–Crippen LogP) is 2.70. The molecule has 33 heavy (non-hydrogen) atoms. The van der Waals surface area contributed by atoms with Crippen molar-refractivity contribution in [2.45, 2.75) is 50.7 Å². The first-order valence-electron chi connectivity index (χ1n) is 11.5. The SMILES string of the molecule is N#Cc1ccccc1CN1CCC(c2ccc3c(c2)CN(C2CCC(=O)NC2=O)C3=O)CC1. The number of hydrogen-bond acceptors (Lipinski definition) is 5. The van der Waals surface area contributed by atoms with Gasteiger partial charge in [-0.3, -0.25) is 24.6 Å². The molecule has 0 aliphatic carbocycles. The Morgan fingerprint density at radius 3 is 2.58 bits per heavy atom. The third-order valence-electron chi connectivity index (χ3n) is 7.14. The Balaban J connectivity index is 1.23. The molecule has 1 atom stereocenters. The number of piperidine rings is 2. The molecule has 168 valence electrons. The Bertz CT molecular complexity index is 1160. The number of nitrogens with one attached hydrogen (secondary N) is 1. The topological polar surface area (TPSA) is 93.5 Å². The second-order valence-corrected chi connectivity index (χ2v) is 9.14.